The minimum atomic E-state index is 0.294. The Balaban J connectivity index is 1.97. The fourth-order valence-electron chi connectivity index (χ4n) is 1.51. The van der Waals surface area contributed by atoms with Gasteiger partial charge < -0.3 is 5.73 Å². The predicted octanol–water partition coefficient (Wildman–Crippen LogP) is 2.86. The summed E-state index contributed by atoms with van der Waals surface area (Å²) >= 11 is 1.80. The van der Waals surface area contributed by atoms with Crippen LogP contribution < -0.4 is 5.73 Å². The Morgan fingerprint density at radius 2 is 2.42 bits per heavy atom. The van der Waals surface area contributed by atoms with Crippen LogP contribution in [0, 0.1) is 12.8 Å². The molecule has 0 saturated heterocycles. The summed E-state index contributed by atoms with van der Waals surface area (Å²) in [6.07, 6.45) is 3.99. The highest BCUT2D eigenvalue weighted by Gasteiger charge is 2.24. The van der Waals surface area contributed by atoms with Crippen LogP contribution in [0.2, 0.25) is 0 Å². The zero-order chi connectivity index (χ0) is 8.55. The van der Waals surface area contributed by atoms with Crippen LogP contribution >= 0.6 is 11.3 Å². The quantitative estimate of drug-likeness (QED) is 0.762. The molecule has 2 heteroatoms. The van der Waals surface area contributed by atoms with Crippen LogP contribution in [-0.2, 0) is 0 Å². The molecular formula is C10H15NS. The van der Waals surface area contributed by atoms with E-state index in [1.54, 1.807) is 11.3 Å². The first-order chi connectivity index (χ1) is 5.75. The van der Waals surface area contributed by atoms with Gasteiger partial charge in [-0.2, -0.15) is 0 Å². The molecule has 1 aliphatic carbocycles. The zero-order valence-electron chi connectivity index (χ0n) is 7.42. The molecule has 0 spiro atoms. The fourth-order valence-corrected chi connectivity index (χ4v) is 2.28. The molecule has 0 aliphatic heterocycles. The average Bonchev–Trinajstić information content (AvgIpc) is 2.72. The summed E-state index contributed by atoms with van der Waals surface area (Å²) < 4.78 is 0. The molecule has 2 rings (SSSR count). The molecule has 12 heavy (non-hydrogen) atoms. The normalized spacial score (nSPS) is 19.5. The lowest BCUT2D eigenvalue weighted by molar-refractivity contribution is 0.598. The van der Waals surface area contributed by atoms with Crippen molar-refractivity contribution in [3.05, 3.63) is 21.9 Å². The highest BCUT2D eigenvalue weighted by Crippen LogP contribution is 2.37. The lowest BCUT2D eigenvalue weighted by Gasteiger charge is -2.07. The topological polar surface area (TPSA) is 26.0 Å². The summed E-state index contributed by atoms with van der Waals surface area (Å²) in [7, 11) is 0. The van der Waals surface area contributed by atoms with E-state index in [9.17, 15) is 0 Å². The maximum Gasteiger partial charge on any atom is 0.0305 e. The second kappa shape index (κ2) is 3.19. The van der Waals surface area contributed by atoms with Crippen LogP contribution in [0.5, 0.6) is 0 Å². The van der Waals surface area contributed by atoms with Gasteiger partial charge in [0.2, 0.25) is 0 Å². The van der Waals surface area contributed by atoms with Crippen molar-refractivity contribution >= 4 is 11.3 Å². The third-order valence-electron chi connectivity index (χ3n) is 2.46. The van der Waals surface area contributed by atoms with Crippen LogP contribution in [0.3, 0.4) is 0 Å². The molecule has 1 aliphatic rings. The van der Waals surface area contributed by atoms with E-state index in [1.807, 2.05) is 0 Å². The average molecular weight is 181 g/mol. The third kappa shape index (κ3) is 1.87. The van der Waals surface area contributed by atoms with Crippen LogP contribution in [0.1, 0.15) is 35.7 Å². The van der Waals surface area contributed by atoms with Gasteiger partial charge in [-0.1, -0.05) is 12.8 Å². The van der Waals surface area contributed by atoms with E-state index in [1.165, 1.54) is 29.7 Å². The van der Waals surface area contributed by atoms with Gasteiger partial charge in [0.15, 0.2) is 0 Å². The Bertz CT molecular complexity index is 263. The van der Waals surface area contributed by atoms with Crippen molar-refractivity contribution in [1.82, 2.24) is 0 Å². The van der Waals surface area contributed by atoms with Gasteiger partial charge in [0.1, 0.15) is 0 Å². The van der Waals surface area contributed by atoms with Crippen molar-refractivity contribution in [2.75, 3.05) is 0 Å². The van der Waals surface area contributed by atoms with E-state index in [0.717, 1.165) is 5.92 Å². The third-order valence-corrected chi connectivity index (χ3v) is 3.34. The van der Waals surface area contributed by atoms with Crippen molar-refractivity contribution in [1.29, 1.82) is 0 Å². The Labute approximate surface area is 77.6 Å². The summed E-state index contributed by atoms with van der Waals surface area (Å²) in [6.45, 7) is 2.14. The van der Waals surface area contributed by atoms with E-state index < -0.39 is 0 Å². The minimum Gasteiger partial charge on any atom is -0.324 e. The summed E-state index contributed by atoms with van der Waals surface area (Å²) in [4.78, 5) is 1.37. The Kier molecular flexibility index (Phi) is 2.20. The Morgan fingerprint density at radius 1 is 1.67 bits per heavy atom. The Morgan fingerprint density at radius 3 is 2.92 bits per heavy atom. The molecule has 1 aromatic rings. The number of thiophene rings is 1. The van der Waals surface area contributed by atoms with Gasteiger partial charge in [-0.25, -0.2) is 0 Å². The first-order valence-corrected chi connectivity index (χ1v) is 5.44. The largest absolute Gasteiger partial charge is 0.324 e. The monoisotopic (exact) mass is 181 g/mol. The SMILES string of the molecule is Cc1cc([C@H](N)CC2CC2)cs1. The van der Waals surface area contributed by atoms with Gasteiger partial charge in [-0.05, 0) is 36.3 Å². The summed E-state index contributed by atoms with van der Waals surface area (Å²) in [5, 5.41) is 2.20. The molecular weight excluding hydrogens is 166 g/mol. The molecule has 66 valence electrons. The maximum atomic E-state index is 6.06. The highest BCUT2D eigenvalue weighted by molar-refractivity contribution is 7.10. The summed E-state index contributed by atoms with van der Waals surface area (Å²) in [6, 6.07) is 2.51. The number of aryl methyl sites for hydroxylation is 1. The molecule has 0 aromatic carbocycles. The van der Waals surface area contributed by atoms with E-state index >= 15 is 0 Å². The van der Waals surface area contributed by atoms with Gasteiger partial charge in [0.25, 0.3) is 0 Å². The molecule has 1 saturated carbocycles. The number of hydrogen-bond donors (Lipinski definition) is 1. The second-order valence-electron chi connectivity index (χ2n) is 3.78. The predicted molar refractivity (Wildman–Crippen MR) is 53.3 cm³/mol. The first-order valence-electron chi connectivity index (χ1n) is 4.56. The molecule has 1 nitrogen and oxygen atoms in total. The van der Waals surface area contributed by atoms with Gasteiger partial charge in [0, 0.05) is 10.9 Å². The van der Waals surface area contributed by atoms with E-state index in [-0.39, 0.29) is 0 Å². The Hall–Kier alpha value is -0.340. The van der Waals surface area contributed by atoms with Crippen LogP contribution in [-0.4, -0.2) is 0 Å². The van der Waals surface area contributed by atoms with Crippen molar-refractivity contribution in [2.45, 2.75) is 32.2 Å². The van der Waals surface area contributed by atoms with Crippen molar-refractivity contribution in [3.8, 4) is 0 Å². The zero-order valence-corrected chi connectivity index (χ0v) is 8.23. The van der Waals surface area contributed by atoms with Crippen LogP contribution in [0.4, 0.5) is 0 Å². The number of hydrogen-bond acceptors (Lipinski definition) is 2. The van der Waals surface area contributed by atoms with Crippen LogP contribution in [0.15, 0.2) is 11.4 Å². The van der Waals surface area contributed by atoms with Gasteiger partial charge in [-0.15, -0.1) is 11.3 Å². The van der Waals surface area contributed by atoms with Crippen molar-refractivity contribution in [2.24, 2.45) is 11.7 Å². The molecule has 1 heterocycles. The molecule has 0 amide bonds. The highest BCUT2D eigenvalue weighted by atomic mass is 32.1. The van der Waals surface area contributed by atoms with Crippen LogP contribution in [0.25, 0.3) is 0 Å². The lowest BCUT2D eigenvalue weighted by atomic mass is 10.1. The van der Waals surface area contributed by atoms with Crippen molar-refractivity contribution in [3.63, 3.8) is 0 Å². The van der Waals surface area contributed by atoms with E-state index in [4.69, 9.17) is 5.73 Å². The summed E-state index contributed by atoms with van der Waals surface area (Å²) in [5.41, 5.74) is 7.39. The fraction of sp³-hybridized carbons (Fsp3) is 0.600. The number of nitrogens with two attached hydrogens (primary N) is 1. The molecule has 1 atom stereocenters. The van der Waals surface area contributed by atoms with Gasteiger partial charge >= 0.3 is 0 Å². The molecule has 1 fully saturated rings. The smallest absolute Gasteiger partial charge is 0.0305 e. The van der Waals surface area contributed by atoms with Gasteiger partial charge in [0.05, 0.1) is 0 Å². The first kappa shape index (κ1) is 8.27. The second-order valence-corrected chi connectivity index (χ2v) is 4.89. The molecule has 0 bridgehead atoms. The lowest BCUT2D eigenvalue weighted by Crippen LogP contribution is -2.09. The molecule has 0 unspecified atom stereocenters. The summed E-state index contributed by atoms with van der Waals surface area (Å²) in [5.74, 6) is 0.931. The van der Waals surface area contributed by atoms with E-state index in [2.05, 4.69) is 18.4 Å². The van der Waals surface area contributed by atoms with Crippen molar-refractivity contribution < 1.29 is 0 Å². The standard InChI is InChI=1S/C10H15NS/c1-7-4-9(6-12-7)10(11)5-8-2-3-8/h4,6,8,10H,2-3,5,11H2,1H3/t10-/m1/s1. The maximum absolute atomic E-state index is 6.06. The van der Waals surface area contributed by atoms with Gasteiger partial charge in [-0.3, -0.25) is 0 Å². The molecule has 0 radical (unpaired) electrons. The minimum absolute atomic E-state index is 0.294. The number of rotatable bonds is 3. The van der Waals surface area contributed by atoms with E-state index in [0.29, 0.717) is 6.04 Å². The molecule has 2 N–H and O–H groups in total. The molecule has 1 aromatic heterocycles.